The third kappa shape index (κ3) is 5.22. The first-order chi connectivity index (χ1) is 8.47. The number of hydrogen-bond donors (Lipinski definition) is 1. The van der Waals surface area contributed by atoms with E-state index in [0.29, 0.717) is 13.0 Å². The van der Waals surface area contributed by atoms with E-state index in [1.165, 1.54) is 6.92 Å². The van der Waals surface area contributed by atoms with Gasteiger partial charge in [0, 0.05) is 13.3 Å². The fourth-order valence-electron chi connectivity index (χ4n) is 1.31. The molecule has 1 amide bonds. The van der Waals surface area contributed by atoms with Crippen molar-refractivity contribution in [1.82, 2.24) is 5.32 Å². The van der Waals surface area contributed by atoms with E-state index in [2.05, 4.69) is 15.5 Å². The Morgan fingerprint density at radius 2 is 2.06 bits per heavy atom. The molecule has 18 heavy (non-hydrogen) atoms. The lowest BCUT2D eigenvalue weighted by Gasteiger charge is -2.16. The average Bonchev–Trinajstić information content (AvgIpc) is 3.01. The summed E-state index contributed by atoms with van der Waals surface area (Å²) in [5.41, 5.74) is -0.312. The summed E-state index contributed by atoms with van der Waals surface area (Å²) in [7, 11) is 0. The van der Waals surface area contributed by atoms with Crippen LogP contribution in [0, 0.1) is 0 Å². The van der Waals surface area contributed by atoms with E-state index in [1.54, 1.807) is 6.92 Å². The maximum absolute atomic E-state index is 11.5. The van der Waals surface area contributed by atoms with Crippen molar-refractivity contribution in [2.75, 3.05) is 19.8 Å². The first-order valence-electron chi connectivity index (χ1n) is 5.92. The second-order valence-electron chi connectivity index (χ2n) is 4.25. The maximum atomic E-state index is 11.5. The van der Waals surface area contributed by atoms with Crippen LogP contribution < -0.4 is 5.32 Å². The van der Waals surface area contributed by atoms with Gasteiger partial charge in [-0.15, -0.1) is 0 Å². The molecule has 0 radical (unpaired) electrons. The second kappa shape index (κ2) is 6.44. The SMILES string of the molecule is CCOC(=O)[C@@H](COCCC1(C)N=N1)NC(C)=O. The van der Waals surface area contributed by atoms with Crippen LogP contribution in [0.3, 0.4) is 0 Å². The number of ether oxygens (including phenoxy) is 2. The molecule has 1 rings (SSSR count). The van der Waals surface area contributed by atoms with E-state index >= 15 is 0 Å². The van der Waals surface area contributed by atoms with E-state index < -0.39 is 12.0 Å². The molecule has 1 heterocycles. The summed E-state index contributed by atoms with van der Waals surface area (Å²) >= 11 is 0. The molecule has 1 aliphatic heterocycles. The molecule has 7 nitrogen and oxygen atoms in total. The van der Waals surface area contributed by atoms with Crippen LogP contribution in [0.2, 0.25) is 0 Å². The summed E-state index contributed by atoms with van der Waals surface area (Å²) in [6, 6.07) is -0.761. The van der Waals surface area contributed by atoms with Gasteiger partial charge in [-0.1, -0.05) is 0 Å². The second-order valence-corrected chi connectivity index (χ2v) is 4.25. The zero-order valence-electron chi connectivity index (χ0n) is 10.9. The van der Waals surface area contributed by atoms with Crippen LogP contribution >= 0.6 is 0 Å². The highest BCUT2D eigenvalue weighted by Crippen LogP contribution is 2.30. The lowest BCUT2D eigenvalue weighted by Crippen LogP contribution is -2.44. The normalized spacial score (nSPS) is 17.1. The highest BCUT2D eigenvalue weighted by atomic mass is 16.5. The van der Waals surface area contributed by atoms with Gasteiger partial charge in [-0.2, -0.15) is 10.2 Å². The fraction of sp³-hybridized carbons (Fsp3) is 0.818. The minimum Gasteiger partial charge on any atom is -0.464 e. The molecule has 0 fully saturated rings. The summed E-state index contributed by atoms with van der Waals surface area (Å²) in [5, 5.41) is 10.2. The zero-order valence-corrected chi connectivity index (χ0v) is 10.9. The lowest BCUT2D eigenvalue weighted by atomic mass is 10.2. The van der Waals surface area contributed by atoms with Gasteiger partial charge in [0.15, 0.2) is 11.7 Å². The predicted octanol–water partition coefficient (Wildman–Crippen LogP) is 0.643. The molecular formula is C11H19N3O4. The Kier molecular flexibility index (Phi) is 5.21. The smallest absolute Gasteiger partial charge is 0.331 e. The van der Waals surface area contributed by atoms with Crippen LogP contribution in [0.5, 0.6) is 0 Å². The van der Waals surface area contributed by atoms with E-state index in [0.717, 1.165) is 0 Å². The molecule has 1 atom stereocenters. The number of nitrogens with one attached hydrogen (secondary N) is 1. The summed E-state index contributed by atoms with van der Waals surface area (Å²) < 4.78 is 10.2. The molecule has 0 aliphatic carbocycles. The number of esters is 1. The third-order valence-electron chi connectivity index (χ3n) is 2.39. The van der Waals surface area contributed by atoms with E-state index in [9.17, 15) is 9.59 Å². The summed E-state index contributed by atoms with van der Waals surface area (Å²) in [4.78, 5) is 22.5. The van der Waals surface area contributed by atoms with Crippen LogP contribution in [0.4, 0.5) is 0 Å². The molecule has 0 unspecified atom stereocenters. The molecular weight excluding hydrogens is 238 g/mol. The van der Waals surface area contributed by atoms with Gasteiger partial charge in [-0.25, -0.2) is 4.79 Å². The Morgan fingerprint density at radius 1 is 1.39 bits per heavy atom. The van der Waals surface area contributed by atoms with Crippen molar-refractivity contribution < 1.29 is 19.1 Å². The molecule has 0 saturated carbocycles. The van der Waals surface area contributed by atoms with Crippen molar-refractivity contribution in [3.05, 3.63) is 0 Å². The van der Waals surface area contributed by atoms with Crippen LogP contribution in [0.1, 0.15) is 27.2 Å². The van der Waals surface area contributed by atoms with Gasteiger partial charge in [0.2, 0.25) is 5.91 Å². The van der Waals surface area contributed by atoms with E-state index in [-0.39, 0.29) is 24.8 Å². The molecule has 1 N–H and O–H groups in total. The Morgan fingerprint density at radius 3 is 2.56 bits per heavy atom. The molecule has 0 bridgehead atoms. The first-order valence-corrected chi connectivity index (χ1v) is 5.92. The quantitative estimate of drug-likeness (QED) is 0.510. The van der Waals surface area contributed by atoms with E-state index in [4.69, 9.17) is 9.47 Å². The molecule has 0 aromatic carbocycles. The van der Waals surface area contributed by atoms with Crippen LogP contribution in [-0.2, 0) is 19.1 Å². The van der Waals surface area contributed by atoms with Crippen molar-refractivity contribution in [3.63, 3.8) is 0 Å². The van der Waals surface area contributed by atoms with Crippen molar-refractivity contribution in [3.8, 4) is 0 Å². The average molecular weight is 257 g/mol. The number of nitrogens with zero attached hydrogens (tertiary/aromatic N) is 2. The number of rotatable bonds is 8. The highest BCUT2D eigenvalue weighted by molar-refractivity contribution is 5.83. The van der Waals surface area contributed by atoms with Crippen molar-refractivity contribution >= 4 is 11.9 Å². The molecule has 0 aromatic heterocycles. The number of hydrogen-bond acceptors (Lipinski definition) is 6. The minimum atomic E-state index is -0.761. The fourth-order valence-corrected chi connectivity index (χ4v) is 1.31. The zero-order chi connectivity index (χ0) is 13.6. The molecule has 1 aliphatic rings. The van der Waals surface area contributed by atoms with Crippen LogP contribution in [0.25, 0.3) is 0 Å². The van der Waals surface area contributed by atoms with Gasteiger partial charge in [-0.05, 0) is 13.8 Å². The van der Waals surface area contributed by atoms with Gasteiger partial charge >= 0.3 is 5.97 Å². The Labute approximate surface area is 106 Å². The molecule has 102 valence electrons. The maximum Gasteiger partial charge on any atom is 0.331 e. The Hall–Kier alpha value is -1.50. The first kappa shape index (κ1) is 14.6. The van der Waals surface area contributed by atoms with Crippen molar-refractivity contribution in [2.24, 2.45) is 10.2 Å². The number of carbonyl (C=O) groups excluding carboxylic acids is 2. The minimum absolute atomic E-state index is 0.0918. The largest absolute Gasteiger partial charge is 0.464 e. The molecule has 7 heteroatoms. The van der Waals surface area contributed by atoms with Gasteiger partial charge in [0.05, 0.1) is 19.8 Å². The van der Waals surface area contributed by atoms with Gasteiger partial charge in [0.1, 0.15) is 0 Å². The summed E-state index contributed by atoms with van der Waals surface area (Å²) in [6.45, 7) is 5.74. The Balaban J connectivity index is 2.26. The Bertz CT molecular complexity index is 337. The topological polar surface area (TPSA) is 89.3 Å². The third-order valence-corrected chi connectivity index (χ3v) is 2.39. The van der Waals surface area contributed by atoms with Crippen molar-refractivity contribution in [2.45, 2.75) is 38.9 Å². The summed E-state index contributed by atoms with van der Waals surface area (Å²) in [6.07, 6.45) is 0.669. The number of carbonyl (C=O) groups is 2. The highest BCUT2D eigenvalue weighted by Gasteiger charge is 2.33. The van der Waals surface area contributed by atoms with Gasteiger partial charge in [-0.3, -0.25) is 4.79 Å². The predicted molar refractivity (Wildman–Crippen MR) is 62.9 cm³/mol. The van der Waals surface area contributed by atoms with E-state index in [1.807, 2.05) is 6.92 Å². The molecule has 0 aromatic rings. The van der Waals surface area contributed by atoms with Gasteiger partial charge in [0.25, 0.3) is 0 Å². The monoisotopic (exact) mass is 257 g/mol. The summed E-state index contributed by atoms with van der Waals surface area (Å²) in [5.74, 6) is -0.782. The molecule has 0 spiro atoms. The van der Waals surface area contributed by atoms with Crippen LogP contribution in [-0.4, -0.2) is 43.4 Å². The van der Waals surface area contributed by atoms with Gasteiger partial charge < -0.3 is 14.8 Å². The van der Waals surface area contributed by atoms with Crippen LogP contribution in [0.15, 0.2) is 10.2 Å². The standard InChI is InChI=1S/C11H19N3O4/c1-4-18-10(16)9(12-8(2)15)7-17-6-5-11(3)13-14-11/h9H,4-7H2,1-3H3,(H,12,15)/t9-/m1/s1. The number of amides is 1. The lowest BCUT2D eigenvalue weighted by molar-refractivity contribution is -0.149. The van der Waals surface area contributed by atoms with Crippen molar-refractivity contribution in [1.29, 1.82) is 0 Å². The molecule has 0 saturated heterocycles.